The van der Waals surface area contributed by atoms with Gasteiger partial charge in [0, 0.05) is 12.5 Å². The van der Waals surface area contributed by atoms with Crippen molar-refractivity contribution in [2.45, 2.75) is 72.4 Å². The summed E-state index contributed by atoms with van der Waals surface area (Å²) in [4.78, 5) is 25.8. The van der Waals surface area contributed by atoms with E-state index in [4.69, 9.17) is 5.73 Å². The van der Waals surface area contributed by atoms with Crippen LogP contribution in [0, 0.1) is 29.6 Å². The standard InChI is InChI=1S/C25H41N3O2/c1-16(2)13-22(26)25(30)28-23(19-9-7-6-8-10-19)15-27-24(29)21-14-18(5)11-12-20(21)17(3)4/h6-10,16-18,20-23H,11-15,26H2,1-5H3,(H,27,29)(H,28,30)/t18-,20+,21-,22+,23-/m1/s1. The third-order valence-corrected chi connectivity index (χ3v) is 6.42. The van der Waals surface area contributed by atoms with Crippen molar-refractivity contribution >= 4 is 11.8 Å². The van der Waals surface area contributed by atoms with E-state index in [9.17, 15) is 9.59 Å². The summed E-state index contributed by atoms with van der Waals surface area (Å²) < 4.78 is 0. The van der Waals surface area contributed by atoms with E-state index in [1.165, 1.54) is 6.42 Å². The summed E-state index contributed by atoms with van der Waals surface area (Å²) in [5.74, 6) is 1.83. The van der Waals surface area contributed by atoms with Gasteiger partial charge in [0.2, 0.25) is 11.8 Å². The number of benzene rings is 1. The van der Waals surface area contributed by atoms with Crippen LogP contribution in [0.4, 0.5) is 0 Å². The lowest BCUT2D eigenvalue weighted by molar-refractivity contribution is -0.130. The predicted octanol–water partition coefficient (Wildman–Crippen LogP) is 4.04. The van der Waals surface area contributed by atoms with Crippen LogP contribution in [0.1, 0.15) is 71.9 Å². The molecule has 1 fully saturated rings. The van der Waals surface area contributed by atoms with Crippen molar-refractivity contribution in [1.29, 1.82) is 0 Å². The molecule has 0 heterocycles. The van der Waals surface area contributed by atoms with Crippen molar-refractivity contribution in [1.82, 2.24) is 10.6 Å². The smallest absolute Gasteiger partial charge is 0.237 e. The number of carbonyl (C=O) groups is 2. The summed E-state index contributed by atoms with van der Waals surface area (Å²) >= 11 is 0. The van der Waals surface area contributed by atoms with Gasteiger partial charge in [-0.05, 0) is 48.5 Å². The van der Waals surface area contributed by atoms with E-state index < -0.39 is 6.04 Å². The Kier molecular flexibility index (Phi) is 9.35. The summed E-state index contributed by atoms with van der Waals surface area (Å²) in [6.07, 6.45) is 3.88. The zero-order chi connectivity index (χ0) is 22.3. The second-order valence-corrected chi connectivity index (χ2v) is 9.89. The van der Waals surface area contributed by atoms with Gasteiger partial charge in [0.25, 0.3) is 0 Å². The molecule has 5 atom stereocenters. The highest BCUT2D eigenvalue weighted by Gasteiger charge is 2.35. The number of amides is 2. The molecule has 2 rings (SSSR count). The average molecular weight is 416 g/mol. The molecule has 1 saturated carbocycles. The molecule has 5 heteroatoms. The van der Waals surface area contributed by atoms with Gasteiger partial charge in [-0.1, -0.05) is 71.4 Å². The average Bonchev–Trinajstić information content (AvgIpc) is 2.70. The summed E-state index contributed by atoms with van der Waals surface area (Å²) in [6, 6.07) is 8.96. The minimum absolute atomic E-state index is 0.0454. The van der Waals surface area contributed by atoms with Crippen LogP contribution < -0.4 is 16.4 Å². The highest BCUT2D eigenvalue weighted by atomic mass is 16.2. The lowest BCUT2D eigenvalue weighted by atomic mass is 9.70. The molecular formula is C25H41N3O2. The normalized spacial score (nSPS) is 23.8. The van der Waals surface area contributed by atoms with Gasteiger partial charge < -0.3 is 16.4 Å². The van der Waals surface area contributed by atoms with Crippen LogP contribution >= 0.6 is 0 Å². The van der Waals surface area contributed by atoms with Gasteiger partial charge >= 0.3 is 0 Å². The third-order valence-electron chi connectivity index (χ3n) is 6.42. The Morgan fingerprint density at radius 1 is 1.10 bits per heavy atom. The molecule has 4 N–H and O–H groups in total. The highest BCUT2D eigenvalue weighted by molar-refractivity contribution is 5.82. The number of carbonyl (C=O) groups excluding carboxylic acids is 2. The fourth-order valence-corrected chi connectivity index (χ4v) is 4.67. The van der Waals surface area contributed by atoms with Crippen LogP contribution in [0.2, 0.25) is 0 Å². The number of rotatable bonds is 9. The molecule has 1 aromatic rings. The van der Waals surface area contributed by atoms with Crippen molar-refractivity contribution in [3.63, 3.8) is 0 Å². The van der Waals surface area contributed by atoms with Gasteiger partial charge in [-0.2, -0.15) is 0 Å². The van der Waals surface area contributed by atoms with Gasteiger partial charge in [0.1, 0.15) is 0 Å². The Morgan fingerprint density at radius 2 is 1.77 bits per heavy atom. The monoisotopic (exact) mass is 415 g/mol. The quantitative estimate of drug-likeness (QED) is 0.569. The van der Waals surface area contributed by atoms with Crippen molar-refractivity contribution in [2.24, 2.45) is 35.3 Å². The lowest BCUT2D eigenvalue weighted by Gasteiger charge is -2.36. The van der Waals surface area contributed by atoms with Gasteiger partial charge in [-0.15, -0.1) is 0 Å². The van der Waals surface area contributed by atoms with E-state index in [1.807, 2.05) is 30.3 Å². The molecular weight excluding hydrogens is 374 g/mol. The Labute approximate surface area is 182 Å². The lowest BCUT2D eigenvalue weighted by Crippen LogP contribution is -2.47. The van der Waals surface area contributed by atoms with Crippen molar-refractivity contribution in [3.8, 4) is 0 Å². The van der Waals surface area contributed by atoms with E-state index in [0.29, 0.717) is 36.6 Å². The molecule has 5 nitrogen and oxygen atoms in total. The first kappa shape index (κ1) is 24.4. The van der Waals surface area contributed by atoms with Gasteiger partial charge in [-0.25, -0.2) is 0 Å². The fourth-order valence-electron chi connectivity index (χ4n) is 4.67. The molecule has 1 aliphatic rings. The second-order valence-electron chi connectivity index (χ2n) is 9.89. The predicted molar refractivity (Wildman–Crippen MR) is 123 cm³/mol. The summed E-state index contributed by atoms with van der Waals surface area (Å²) in [6.45, 7) is 11.1. The molecule has 0 unspecified atom stereocenters. The zero-order valence-electron chi connectivity index (χ0n) is 19.4. The van der Waals surface area contributed by atoms with Gasteiger partial charge in [0.05, 0.1) is 12.1 Å². The van der Waals surface area contributed by atoms with Crippen LogP contribution in [0.5, 0.6) is 0 Å². The highest BCUT2D eigenvalue weighted by Crippen LogP contribution is 2.38. The minimum Gasteiger partial charge on any atom is -0.353 e. The minimum atomic E-state index is -0.545. The molecule has 1 aliphatic carbocycles. The first-order valence-electron chi connectivity index (χ1n) is 11.6. The molecule has 0 saturated heterocycles. The van der Waals surface area contributed by atoms with E-state index in [1.54, 1.807) is 0 Å². The molecule has 0 aliphatic heterocycles. The molecule has 1 aromatic carbocycles. The topological polar surface area (TPSA) is 84.2 Å². The third kappa shape index (κ3) is 7.12. The maximum Gasteiger partial charge on any atom is 0.237 e. The van der Waals surface area contributed by atoms with E-state index in [0.717, 1.165) is 18.4 Å². The Hall–Kier alpha value is -1.88. The molecule has 0 radical (unpaired) electrons. The van der Waals surface area contributed by atoms with Gasteiger partial charge in [0.15, 0.2) is 0 Å². The van der Waals surface area contributed by atoms with Crippen LogP contribution in [0.15, 0.2) is 30.3 Å². The molecule has 30 heavy (non-hydrogen) atoms. The SMILES string of the molecule is CC(C)C[C@H](N)C(=O)N[C@H](CNC(=O)[C@@H]1C[C@H](C)CC[C@H]1C(C)C)c1ccccc1. The van der Waals surface area contributed by atoms with E-state index in [2.05, 4.69) is 45.3 Å². The van der Waals surface area contributed by atoms with Crippen molar-refractivity contribution in [2.75, 3.05) is 6.54 Å². The summed E-state index contributed by atoms with van der Waals surface area (Å²) in [5.41, 5.74) is 7.06. The number of hydrogen-bond acceptors (Lipinski definition) is 3. The number of nitrogens with one attached hydrogen (secondary N) is 2. The molecule has 0 spiro atoms. The Bertz CT molecular complexity index is 674. The number of hydrogen-bond donors (Lipinski definition) is 3. The number of nitrogens with two attached hydrogens (primary N) is 1. The van der Waals surface area contributed by atoms with Crippen LogP contribution in [-0.4, -0.2) is 24.4 Å². The summed E-state index contributed by atoms with van der Waals surface area (Å²) in [5, 5.41) is 6.21. The van der Waals surface area contributed by atoms with E-state index >= 15 is 0 Å². The maximum atomic E-state index is 13.1. The second kappa shape index (κ2) is 11.5. The van der Waals surface area contributed by atoms with E-state index in [-0.39, 0.29) is 23.8 Å². The van der Waals surface area contributed by atoms with Crippen molar-refractivity contribution < 1.29 is 9.59 Å². The molecule has 0 aromatic heterocycles. The van der Waals surface area contributed by atoms with Crippen LogP contribution in [-0.2, 0) is 9.59 Å². The molecule has 168 valence electrons. The van der Waals surface area contributed by atoms with Crippen molar-refractivity contribution in [3.05, 3.63) is 35.9 Å². The largest absolute Gasteiger partial charge is 0.353 e. The first-order valence-corrected chi connectivity index (χ1v) is 11.6. The zero-order valence-corrected chi connectivity index (χ0v) is 19.4. The first-order chi connectivity index (χ1) is 14.2. The van der Waals surface area contributed by atoms with Gasteiger partial charge in [-0.3, -0.25) is 9.59 Å². The fraction of sp³-hybridized carbons (Fsp3) is 0.680. The molecule has 2 amide bonds. The Morgan fingerprint density at radius 3 is 2.37 bits per heavy atom. The van der Waals surface area contributed by atoms with Crippen LogP contribution in [0.25, 0.3) is 0 Å². The Balaban J connectivity index is 2.06. The maximum absolute atomic E-state index is 13.1. The van der Waals surface area contributed by atoms with Crippen LogP contribution in [0.3, 0.4) is 0 Å². The summed E-state index contributed by atoms with van der Waals surface area (Å²) in [7, 11) is 0. The molecule has 0 bridgehead atoms.